The quantitative estimate of drug-likeness (QED) is 0.301. The van der Waals surface area contributed by atoms with E-state index in [0.717, 1.165) is 23.4 Å². The van der Waals surface area contributed by atoms with Crippen molar-refractivity contribution in [1.82, 2.24) is 4.98 Å². The molecule has 1 aliphatic heterocycles. The summed E-state index contributed by atoms with van der Waals surface area (Å²) in [6.07, 6.45) is 4.09. The Bertz CT molecular complexity index is 1270. The molecule has 1 N–H and O–H groups in total. The van der Waals surface area contributed by atoms with Crippen LogP contribution in [0.4, 0.5) is 11.4 Å². The Morgan fingerprint density at radius 2 is 1.74 bits per heavy atom. The number of carbonyl (C=O) groups excluding carboxylic acids is 2. The van der Waals surface area contributed by atoms with E-state index in [4.69, 9.17) is 4.74 Å². The van der Waals surface area contributed by atoms with Gasteiger partial charge < -0.3 is 14.7 Å². The maximum absolute atomic E-state index is 13.3. The summed E-state index contributed by atoms with van der Waals surface area (Å²) in [5, 5.41) is 11.3. The summed E-state index contributed by atoms with van der Waals surface area (Å²) >= 11 is 0. The van der Waals surface area contributed by atoms with Crippen LogP contribution < -0.4 is 14.5 Å². The number of ether oxygens (including phenoxy) is 1. The molecule has 7 heteroatoms. The molecule has 35 heavy (non-hydrogen) atoms. The zero-order valence-corrected chi connectivity index (χ0v) is 20.4. The van der Waals surface area contributed by atoms with Crippen LogP contribution in [0, 0.1) is 6.92 Å². The van der Waals surface area contributed by atoms with Crippen LogP contribution in [0.15, 0.2) is 72.6 Å². The van der Waals surface area contributed by atoms with Gasteiger partial charge in [0.2, 0.25) is 0 Å². The molecule has 1 unspecified atom stereocenters. The van der Waals surface area contributed by atoms with Crippen LogP contribution in [0.3, 0.4) is 0 Å². The van der Waals surface area contributed by atoms with Crippen LogP contribution in [0.2, 0.25) is 0 Å². The number of aliphatic hydroxyl groups is 1. The number of carbonyl (C=O) groups is 2. The van der Waals surface area contributed by atoms with Gasteiger partial charge in [0.25, 0.3) is 11.7 Å². The van der Waals surface area contributed by atoms with Crippen LogP contribution >= 0.6 is 0 Å². The van der Waals surface area contributed by atoms with Gasteiger partial charge in [-0.1, -0.05) is 6.92 Å². The van der Waals surface area contributed by atoms with Crippen molar-refractivity contribution in [1.29, 1.82) is 0 Å². The van der Waals surface area contributed by atoms with E-state index in [1.165, 1.54) is 4.90 Å². The number of ketones is 1. The second kappa shape index (κ2) is 10.0. The molecule has 4 rings (SSSR count). The highest BCUT2D eigenvalue weighted by Crippen LogP contribution is 2.42. The van der Waals surface area contributed by atoms with Gasteiger partial charge in [0.05, 0.1) is 18.2 Å². The molecule has 180 valence electrons. The molecular formula is C28H29N3O4. The molecular weight excluding hydrogens is 442 g/mol. The Labute approximate surface area is 205 Å². The van der Waals surface area contributed by atoms with Crippen LogP contribution in [-0.2, 0) is 9.59 Å². The molecule has 0 saturated carbocycles. The third-order valence-electron chi connectivity index (χ3n) is 6.02. The minimum absolute atomic E-state index is 0.0412. The summed E-state index contributed by atoms with van der Waals surface area (Å²) in [7, 11) is 3.86. The summed E-state index contributed by atoms with van der Waals surface area (Å²) in [5.74, 6) is -0.922. The Morgan fingerprint density at radius 1 is 1.06 bits per heavy atom. The van der Waals surface area contributed by atoms with Gasteiger partial charge in [-0.3, -0.25) is 19.5 Å². The highest BCUT2D eigenvalue weighted by molar-refractivity contribution is 6.51. The van der Waals surface area contributed by atoms with E-state index >= 15 is 0 Å². The highest BCUT2D eigenvalue weighted by atomic mass is 16.5. The Hall–Kier alpha value is -4.13. The number of aromatic nitrogens is 1. The molecule has 2 aromatic carbocycles. The van der Waals surface area contributed by atoms with E-state index in [-0.39, 0.29) is 11.3 Å². The first kappa shape index (κ1) is 24.0. The number of aryl methyl sites for hydroxylation is 1. The van der Waals surface area contributed by atoms with Gasteiger partial charge in [0.15, 0.2) is 0 Å². The molecule has 1 aliphatic rings. The Kier molecular flexibility index (Phi) is 6.87. The topological polar surface area (TPSA) is 83.0 Å². The van der Waals surface area contributed by atoms with Gasteiger partial charge in [-0.2, -0.15) is 0 Å². The maximum Gasteiger partial charge on any atom is 0.300 e. The maximum atomic E-state index is 13.3. The third kappa shape index (κ3) is 4.62. The average Bonchev–Trinajstić information content (AvgIpc) is 3.13. The normalized spacial score (nSPS) is 17.0. The van der Waals surface area contributed by atoms with Crippen LogP contribution in [-0.4, -0.2) is 42.5 Å². The lowest BCUT2D eigenvalue weighted by molar-refractivity contribution is -0.132. The molecule has 1 amide bonds. The number of nitrogens with zero attached hydrogens (tertiary/aromatic N) is 3. The largest absolute Gasteiger partial charge is 0.507 e. The fourth-order valence-electron chi connectivity index (χ4n) is 4.20. The molecule has 2 heterocycles. The summed E-state index contributed by atoms with van der Waals surface area (Å²) in [6.45, 7) is 4.50. The number of rotatable bonds is 7. The van der Waals surface area contributed by atoms with Gasteiger partial charge in [-0.25, -0.2) is 0 Å². The van der Waals surface area contributed by atoms with E-state index in [9.17, 15) is 14.7 Å². The van der Waals surface area contributed by atoms with Crippen molar-refractivity contribution in [2.75, 3.05) is 30.5 Å². The minimum Gasteiger partial charge on any atom is -0.507 e. The molecule has 0 spiro atoms. The molecule has 7 nitrogen and oxygen atoms in total. The van der Waals surface area contributed by atoms with Crippen molar-refractivity contribution >= 4 is 28.8 Å². The van der Waals surface area contributed by atoms with Gasteiger partial charge in [-0.15, -0.1) is 0 Å². The predicted octanol–water partition coefficient (Wildman–Crippen LogP) is 4.87. The van der Waals surface area contributed by atoms with Crippen molar-refractivity contribution in [3.63, 3.8) is 0 Å². The van der Waals surface area contributed by atoms with Crippen LogP contribution in [0.1, 0.15) is 36.1 Å². The number of pyridine rings is 1. The summed E-state index contributed by atoms with van der Waals surface area (Å²) in [5.41, 5.74) is 3.53. The monoisotopic (exact) mass is 471 g/mol. The van der Waals surface area contributed by atoms with Crippen molar-refractivity contribution in [3.8, 4) is 5.75 Å². The first-order chi connectivity index (χ1) is 16.8. The minimum atomic E-state index is -0.792. The molecule has 1 fully saturated rings. The van der Waals surface area contributed by atoms with E-state index in [1.54, 1.807) is 54.9 Å². The highest BCUT2D eigenvalue weighted by Gasteiger charge is 2.47. The average molecular weight is 472 g/mol. The fraction of sp³-hybridized carbons (Fsp3) is 0.250. The molecule has 3 aromatic rings. The first-order valence-electron chi connectivity index (χ1n) is 11.6. The fourth-order valence-corrected chi connectivity index (χ4v) is 4.20. The van der Waals surface area contributed by atoms with E-state index < -0.39 is 17.7 Å². The van der Waals surface area contributed by atoms with Crippen molar-refractivity contribution in [2.24, 2.45) is 0 Å². The second-order valence-electron chi connectivity index (χ2n) is 8.69. The van der Waals surface area contributed by atoms with Gasteiger partial charge in [0, 0.05) is 43.4 Å². The second-order valence-corrected chi connectivity index (χ2v) is 8.69. The van der Waals surface area contributed by atoms with Crippen LogP contribution in [0.5, 0.6) is 5.75 Å². The summed E-state index contributed by atoms with van der Waals surface area (Å²) in [6, 6.07) is 15.3. The number of amides is 1. The van der Waals surface area contributed by atoms with E-state index in [1.807, 2.05) is 45.0 Å². The number of Topliss-reactive ketones (excluding diaryl/α,β-unsaturated/α-hetero) is 1. The molecule has 0 aliphatic carbocycles. The number of aliphatic hydroxyl groups excluding tert-OH is 1. The predicted molar refractivity (Wildman–Crippen MR) is 137 cm³/mol. The third-order valence-corrected chi connectivity index (χ3v) is 6.02. The van der Waals surface area contributed by atoms with Crippen LogP contribution in [0.25, 0.3) is 5.76 Å². The zero-order valence-electron chi connectivity index (χ0n) is 20.4. The van der Waals surface area contributed by atoms with Crippen molar-refractivity contribution in [2.45, 2.75) is 26.3 Å². The number of hydrogen-bond acceptors (Lipinski definition) is 6. The molecule has 1 atom stereocenters. The Morgan fingerprint density at radius 3 is 2.34 bits per heavy atom. The van der Waals surface area contributed by atoms with E-state index in [0.29, 0.717) is 23.4 Å². The van der Waals surface area contributed by atoms with Crippen molar-refractivity contribution in [3.05, 3.63) is 89.3 Å². The number of hydrogen-bond donors (Lipinski definition) is 1. The molecule has 1 saturated heterocycles. The number of benzene rings is 2. The van der Waals surface area contributed by atoms with E-state index in [2.05, 4.69) is 4.98 Å². The molecule has 1 aromatic heterocycles. The smallest absolute Gasteiger partial charge is 0.300 e. The lowest BCUT2D eigenvalue weighted by Gasteiger charge is -2.26. The first-order valence-corrected chi connectivity index (χ1v) is 11.6. The van der Waals surface area contributed by atoms with Gasteiger partial charge in [-0.05, 0) is 79.1 Å². The Balaban J connectivity index is 1.84. The standard InChI is InChI=1S/C28H29N3O4/c1-5-16-35-23-11-6-20(17-18(23)2)26(32)24-25(19-12-14-29-15-13-19)31(28(34)27(24)33)22-9-7-21(8-10-22)30(3)4/h6-15,17,25,32H,5,16H2,1-4H3/b26-24-. The lowest BCUT2D eigenvalue weighted by atomic mass is 9.95. The molecule has 0 bridgehead atoms. The lowest BCUT2D eigenvalue weighted by Crippen LogP contribution is -2.29. The van der Waals surface area contributed by atoms with Gasteiger partial charge >= 0.3 is 0 Å². The SMILES string of the molecule is CCCOc1ccc(/C(O)=C2/C(=O)C(=O)N(c3ccc(N(C)C)cc3)C2c2ccncc2)cc1C. The van der Waals surface area contributed by atoms with Crippen molar-refractivity contribution < 1.29 is 19.4 Å². The zero-order chi connectivity index (χ0) is 25.1. The summed E-state index contributed by atoms with van der Waals surface area (Å²) < 4.78 is 5.74. The summed E-state index contributed by atoms with van der Waals surface area (Å²) in [4.78, 5) is 34.0. The molecule has 0 radical (unpaired) electrons. The van der Waals surface area contributed by atoms with Gasteiger partial charge in [0.1, 0.15) is 11.5 Å². The number of anilines is 2.